The SMILES string of the molecule is O=C(Nc1ccccc1F)N1CCN(c2ccc3c(c2)OCO3)CC1. The molecule has 0 aliphatic carbocycles. The van der Waals surface area contributed by atoms with Gasteiger partial charge in [0.25, 0.3) is 0 Å². The number of ether oxygens (including phenoxy) is 2. The first-order valence-electron chi connectivity index (χ1n) is 8.16. The third kappa shape index (κ3) is 3.17. The van der Waals surface area contributed by atoms with Crippen LogP contribution in [0.2, 0.25) is 0 Å². The number of hydrogen-bond acceptors (Lipinski definition) is 4. The van der Waals surface area contributed by atoms with Crippen molar-refractivity contribution >= 4 is 17.4 Å². The lowest BCUT2D eigenvalue weighted by atomic mass is 10.2. The van der Waals surface area contributed by atoms with E-state index in [1.807, 2.05) is 18.2 Å². The molecule has 0 spiro atoms. The van der Waals surface area contributed by atoms with Crippen LogP contribution in [0.3, 0.4) is 0 Å². The summed E-state index contributed by atoms with van der Waals surface area (Å²) in [6.45, 7) is 2.78. The monoisotopic (exact) mass is 343 g/mol. The Kier molecular flexibility index (Phi) is 4.05. The van der Waals surface area contributed by atoms with E-state index in [2.05, 4.69) is 10.2 Å². The molecule has 1 fully saturated rings. The van der Waals surface area contributed by atoms with Crippen molar-refractivity contribution in [2.45, 2.75) is 0 Å². The molecule has 0 aromatic heterocycles. The van der Waals surface area contributed by atoms with Crippen molar-refractivity contribution in [3.63, 3.8) is 0 Å². The van der Waals surface area contributed by atoms with Crippen LogP contribution in [-0.2, 0) is 0 Å². The molecule has 2 aromatic carbocycles. The van der Waals surface area contributed by atoms with E-state index in [9.17, 15) is 9.18 Å². The van der Waals surface area contributed by atoms with E-state index >= 15 is 0 Å². The van der Waals surface area contributed by atoms with Crippen molar-refractivity contribution in [3.8, 4) is 11.5 Å². The number of rotatable bonds is 2. The molecule has 6 nitrogen and oxygen atoms in total. The van der Waals surface area contributed by atoms with Crippen LogP contribution in [0.25, 0.3) is 0 Å². The average molecular weight is 343 g/mol. The molecule has 2 aliphatic heterocycles. The number of benzene rings is 2. The fourth-order valence-corrected chi connectivity index (χ4v) is 3.01. The van der Waals surface area contributed by atoms with Gasteiger partial charge in [0.2, 0.25) is 6.79 Å². The second-order valence-electron chi connectivity index (χ2n) is 5.92. The van der Waals surface area contributed by atoms with Gasteiger partial charge in [0.15, 0.2) is 11.5 Å². The predicted molar refractivity (Wildman–Crippen MR) is 91.8 cm³/mol. The molecule has 4 rings (SSSR count). The first-order valence-corrected chi connectivity index (χ1v) is 8.16. The van der Waals surface area contributed by atoms with Crippen molar-refractivity contribution < 1.29 is 18.7 Å². The Bertz CT molecular complexity index is 791. The van der Waals surface area contributed by atoms with Crippen molar-refractivity contribution in [2.24, 2.45) is 0 Å². The highest BCUT2D eigenvalue weighted by Gasteiger charge is 2.23. The van der Waals surface area contributed by atoms with Crippen LogP contribution in [0.4, 0.5) is 20.6 Å². The first kappa shape index (κ1) is 15.6. The molecule has 7 heteroatoms. The molecule has 0 radical (unpaired) electrons. The van der Waals surface area contributed by atoms with E-state index in [1.165, 1.54) is 6.07 Å². The maximum atomic E-state index is 13.6. The molecule has 0 saturated carbocycles. The summed E-state index contributed by atoms with van der Waals surface area (Å²) in [5.74, 6) is 1.07. The van der Waals surface area contributed by atoms with Crippen LogP contribution in [0.1, 0.15) is 0 Å². The molecule has 2 heterocycles. The molecule has 1 saturated heterocycles. The summed E-state index contributed by atoms with van der Waals surface area (Å²) < 4.78 is 24.4. The highest BCUT2D eigenvalue weighted by atomic mass is 19.1. The number of carbonyl (C=O) groups is 1. The number of urea groups is 1. The van der Waals surface area contributed by atoms with Crippen molar-refractivity contribution in [2.75, 3.05) is 43.2 Å². The number of carbonyl (C=O) groups excluding carboxylic acids is 1. The van der Waals surface area contributed by atoms with Crippen LogP contribution < -0.4 is 19.7 Å². The van der Waals surface area contributed by atoms with Crippen molar-refractivity contribution in [1.29, 1.82) is 0 Å². The highest BCUT2D eigenvalue weighted by Crippen LogP contribution is 2.35. The Labute approximate surface area is 144 Å². The van der Waals surface area contributed by atoms with Gasteiger partial charge in [-0.1, -0.05) is 12.1 Å². The predicted octanol–water partition coefficient (Wildman–Crippen LogP) is 2.91. The van der Waals surface area contributed by atoms with Gasteiger partial charge in [0.05, 0.1) is 5.69 Å². The molecule has 2 amide bonds. The molecule has 25 heavy (non-hydrogen) atoms. The topological polar surface area (TPSA) is 54.0 Å². The van der Waals surface area contributed by atoms with E-state index in [4.69, 9.17) is 9.47 Å². The maximum Gasteiger partial charge on any atom is 0.322 e. The number of fused-ring (bicyclic) bond motifs is 1. The minimum atomic E-state index is -0.435. The quantitative estimate of drug-likeness (QED) is 0.911. The Balaban J connectivity index is 1.36. The summed E-state index contributed by atoms with van der Waals surface area (Å²) in [4.78, 5) is 16.2. The first-order chi connectivity index (χ1) is 12.2. The summed E-state index contributed by atoms with van der Waals surface area (Å²) in [6, 6.07) is 11.7. The second kappa shape index (κ2) is 6.51. The van der Waals surface area contributed by atoms with E-state index in [0.717, 1.165) is 17.2 Å². The molecule has 130 valence electrons. The van der Waals surface area contributed by atoms with E-state index in [1.54, 1.807) is 23.1 Å². The van der Waals surface area contributed by atoms with Gasteiger partial charge in [0.1, 0.15) is 5.82 Å². The van der Waals surface area contributed by atoms with Gasteiger partial charge in [-0.25, -0.2) is 9.18 Å². The lowest BCUT2D eigenvalue weighted by Gasteiger charge is -2.36. The molecule has 0 bridgehead atoms. The fraction of sp³-hybridized carbons (Fsp3) is 0.278. The maximum absolute atomic E-state index is 13.6. The van der Waals surface area contributed by atoms with Gasteiger partial charge < -0.3 is 24.6 Å². The van der Waals surface area contributed by atoms with Gasteiger partial charge >= 0.3 is 6.03 Å². The summed E-state index contributed by atoms with van der Waals surface area (Å²) >= 11 is 0. The molecule has 0 atom stereocenters. The Morgan fingerprint density at radius 1 is 1.00 bits per heavy atom. The summed E-state index contributed by atoms with van der Waals surface area (Å²) in [7, 11) is 0. The molecular formula is C18H18FN3O3. The lowest BCUT2D eigenvalue weighted by Crippen LogP contribution is -2.50. The van der Waals surface area contributed by atoms with Crippen LogP contribution in [0, 0.1) is 5.82 Å². The third-order valence-corrected chi connectivity index (χ3v) is 4.40. The Morgan fingerprint density at radius 2 is 1.76 bits per heavy atom. The number of piperazine rings is 1. The van der Waals surface area contributed by atoms with Gasteiger partial charge in [-0.15, -0.1) is 0 Å². The van der Waals surface area contributed by atoms with E-state index < -0.39 is 5.82 Å². The smallest absolute Gasteiger partial charge is 0.322 e. The van der Waals surface area contributed by atoms with Gasteiger partial charge in [0, 0.05) is 37.9 Å². The van der Waals surface area contributed by atoms with E-state index in [0.29, 0.717) is 26.2 Å². The van der Waals surface area contributed by atoms with Gasteiger partial charge in [-0.05, 0) is 24.3 Å². The van der Waals surface area contributed by atoms with Gasteiger partial charge in [-0.3, -0.25) is 0 Å². The Hall–Kier alpha value is -2.96. The highest BCUT2D eigenvalue weighted by molar-refractivity contribution is 5.89. The Morgan fingerprint density at radius 3 is 2.56 bits per heavy atom. The molecule has 0 unspecified atom stereocenters. The van der Waals surface area contributed by atoms with Gasteiger partial charge in [-0.2, -0.15) is 0 Å². The minimum absolute atomic E-state index is 0.200. The fourth-order valence-electron chi connectivity index (χ4n) is 3.01. The summed E-state index contributed by atoms with van der Waals surface area (Å²) in [5.41, 5.74) is 1.24. The number of nitrogens with one attached hydrogen (secondary N) is 1. The summed E-state index contributed by atoms with van der Waals surface area (Å²) in [6.07, 6.45) is 0. The second-order valence-corrected chi connectivity index (χ2v) is 5.92. The number of hydrogen-bond donors (Lipinski definition) is 1. The molecule has 2 aromatic rings. The van der Waals surface area contributed by atoms with Crippen LogP contribution in [0.15, 0.2) is 42.5 Å². The molecule has 1 N–H and O–H groups in total. The zero-order valence-corrected chi connectivity index (χ0v) is 13.6. The number of halogens is 1. The minimum Gasteiger partial charge on any atom is -0.454 e. The standard InChI is InChI=1S/C18H18FN3O3/c19-14-3-1-2-4-15(14)20-18(23)22-9-7-21(8-10-22)13-5-6-16-17(11-13)25-12-24-16/h1-6,11H,7-10,12H2,(H,20,23). The average Bonchev–Trinajstić information content (AvgIpc) is 3.11. The number of anilines is 2. The zero-order valence-electron chi connectivity index (χ0n) is 13.6. The van der Waals surface area contributed by atoms with Crippen LogP contribution >= 0.6 is 0 Å². The van der Waals surface area contributed by atoms with Crippen molar-refractivity contribution in [1.82, 2.24) is 4.90 Å². The number of para-hydroxylation sites is 1. The normalized spacial score (nSPS) is 16.0. The zero-order chi connectivity index (χ0) is 17.2. The molecular weight excluding hydrogens is 325 g/mol. The summed E-state index contributed by atoms with van der Waals surface area (Å²) in [5, 5.41) is 2.63. The largest absolute Gasteiger partial charge is 0.454 e. The lowest BCUT2D eigenvalue weighted by molar-refractivity contribution is 0.174. The van der Waals surface area contributed by atoms with E-state index in [-0.39, 0.29) is 18.5 Å². The number of nitrogens with zero attached hydrogens (tertiary/aromatic N) is 2. The molecule has 2 aliphatic rings. The number of amides is 2. The van der Waals surface area contributed by atoms with Crippen LogP contribution in [-0.4, -0.2) is 43.9 Å². The van der Waals surface area contributed by atoms with Crippen LogP contribution in [0.5, 0.6) is 11.5 Å². The third-order valence-electron chi connectivity index (χ3n) is 4.40. The van der Waals surface area contributed by atoms with Crippen molar-refractivity contribution in [3.05, 3.63) is 48.3 Å².